The molecule has 2 rings (SSSR count). The molecule has 0 aliphatic heterocycles. The van der Waals surface area contributed by atoms with Gasteiger partial charge < -0.3 is 14.7 Å². The Morgan fingerprint density at radius 2 is 1.96 bits per heavy atom. The van der Waals surface area contributed by atoms with Gasteiger partial charge in [0.1, 0.15) is 11.6 Å². The molecule has 0 radical (unpaired) electrons. The van der Waals surface area contributed by atoms with E-state index in [4.69, 9.17) is 4.52 Å². The van der Waals surface area contributed by atoms with Crippen LogP contribution >= 0.6 is 0 Å². The van der Waals surface area contributed by atoms with Gasteiger partial charge in [-0.1, -0.05) is 5.16 Å². The van der Waals surface area contributed by atoms with Crippen LogP contribution in [0.2, 0.25) is 0 Å². The number of rotatable bonds is 8. The SMILES string of the molecule is Cc1cc(NC(=O)CN(CC[NH+](C)C)S(=O)(=O)c2ccc(F)cc2)no1. The van der Waals surface area contributed by atoms with Crippen molar-refractivity contribution in [3.8, 4) is 0 Å². The minimum atomic E-state index is -3.95. The maximum Gasteiger partial charge on any atom is 0.243 e. The zero-order chi connectivity index (χ0) is 19.3. The Morgan fingerprint density at radius 1 is 1.31 bits per heavy atom. The molecule has 142 valence electrons. The highest BCUT2D eigenvalue weighted by Crippen LogP contribution is 2.16. The van der Waals surface area contributed by atoms with Crippen LogP contribution in [0.1, 0.15) is 5.76 Å². The average molecular weight is 385 g/mol. The van der Waals surface area contributed by atoms with E-state index < -0.39 is 21.7 Å². The molecule has 0 fully saturated rings. The smallest absolute Gasteiger partial charge is 0.243 e. The summed E-state index contributed by atoms with van der Waals surface area (Å²) in [6.07, 6.45) is 0. The third-order valence-electron chi connectivity index (χ3n) is 3.53. The molecule has 10 heteroatoms. The van der Waals surface area contributed by atoms with Crippen molar-refractivity contribution in [2.45, 2.75) is 11.8 Å². The van der Waals surface area contributed by atoms with Crippen LogP contribution in [0, 0.1) is 12.7 Å². The van der Waals surface area contributed by atoms with Crippen molar-refractivity contribution in [2.75, 3.05) is 39.0 Å². The largest absolute Gasteiger partial charge is 0.360 e. The first-order chi connectivity index (χ1) is 12.2. The van der Waals surface area contributed by atoms with Crippen LogP contribution in [0.15, 0.2) is 39.8 Å². The second-order valence-corrected chi connectivity index (χ2v) is 8.06. The summed E-state index contributed by atoms with van der Waals surface area (Å²) in [7, 11) is -0.195. The van der Waals surface area contributed by atoms with Gasteiger partial charge in [-0.2, -0.15) is 4.31 Å². The second-order valence-electron chi connectivity index (χ2n) is 6.12. The number of halogens is 1. The van der Waals surface area contributed by atoms with Crippen LogP contribution < -0.4 is 10.2 Å². The number of amides is 1. The lowest BCUT2D eigenvalue weighted by Crippen LogP contribution is -3.06. The Kier molecular flexibility index (Phi) is 6.46. The molecule has 0 atom stereocenters. The molecule has 1 aromatic heterocycles. The molecule has 1 aromatic carbocycles. The van der Waals surface area contributed by atoms with Crippen LogP contribution in [0.3, 0.4) is 0 Å². The van der Waals surface area contributed by atoms with Gasteiger partial charge in [0.05, 0.1) is 38.6 Å². The monoisotopic (exact) mass is 385 g/mol. The molecule has 0 aliphatic carbocycles. The number of nitrogens with zero attached hydrogens (tertiary/aromatic N) is 2. The van der Waals surface area contributed by atoms with E-state index in [1.54, 1.807) is 6.92 Å². The summed E-state index contributed by atoms with van der Waals surface area (Å²) in [6.45, 7) is 1.91. The second kappa shape index (κ2) is 8.39. The molecule has 1 amide bonds. The molecule has 2 N–H and O–H groups in total. The van der Waals surface area contributed by atoms with Crippen molar-refractivity contribution in [3.63, 3.8) is 0 Å². The number of hydrogen-bond donors (Lipinski definition) is 2. The highest BCUT2D eigenvalue weighted by Gasteiger charge is 2.27. The number of likely N-dealkylation sites (N-methyl/N-ethyl adjacent to an activating group) is 1. The molecular formula is C16H22FN4O4S+. The van der Waals surface area contributed by atoms with Gasteiger partial charge in [-0.05, 0) is 31.2 Å². The van der Waals surface area contributed by atoms with E-state index in [1.807, 2.05) is 14.1 Å². The number of quaternary nitrogens is 1. The zero-order valence-electron chi connectivity index (χ0n) is 14.8. The van der Waals surface area contributed by atoms with Gasteiger partial charge in [0.2, 0.25) is 15.9 Å². The Balaban J connectivity index is 2.18. The number of aryl methyl sites for hydroxylation is 1. The normalized spacial score (nSPS) is 11.9. The predicted molar refractivity (Wildman–Crippen MR) is 92.7 cm³/mol. The number of carbonyl (C=O) groups is 1. The number of nitrogens with one attached hydrogen (secondary N) is 2. The summed E-state index contributed by atoms with van der Waals surface area (Å²) in [5, 5.41) is 6.14. The lowest BCUT2D eigenvalue weighted by Gasteiger charge is -2.22. The molecule has 0 saturated carbocycles. The van der Waals surface area contributed by atoms with E-state index in [2.05, 4.69) is 10.5 Å². The van der Waals surface area contributed by atoms with E-state index in [0.29, 0.717) is 12.3 Å². The van der Waals surface area contributed by atoms with Gasteiger partial charge >= 0.3 is 0 Å². The molecule has 2 aromatic rings. The summed E-state index contributed by atoms with van der Waals surface area (Å²) >= 11 is 0. The predicted octanol–water partition coefficient (Wildman–Crippen LogP) is -0.104. The number of benzene rings is 1. The Morgan fingerprint density at radius 3 is 2.50 bits per heavy atom. The Bertz CT molecular complexity index is 849. The van der Waals surface area contributed by atoms with Crippen molar-refractivity contribution in [2.24, 2.45) is 0 Å². The van der Waals surface area contributed by atoms with Crippen molar-refractivity contribution in [3.05, 3.63) is 41.9 Å². The summed E-state index contributed by atoms with van der Waals surface area (Å²) in [5.74, 6) is -0.345. The maximum atomic E-state index is 13.1. The number of hydrogen-bond acceptors (Lipinski definition) is 5. The van der Waals surface area contributed by atoms with Gasteiger partial charge in [0, 0.05) is 6.07 Å². The van der Waals surface area contributed by atoms with Crippen LogP contribution in [0.5, 0.6) is 0 Å². The number of carbonyl (C=O) groups excluding carboxylic acids is 1. The standard InChI is InChI=1S/C16H21FN4O4S/c1-12-10-15(19-25-12)18-16(22)11-21(9-8-20(2)3)26(23,24)14-6-4-13(17)5-7-14/h4-7,10H,8-9,11H2,1-3H3,(H,18,19,22)/p+1. The molecule has 8 nitrogen and oxygen atoms in total. The fourth-order valence-corrected chi connectivity index (χ4v) is 3.55. The Labute approximate surface area is 151 Å². The van der Waals surface area contributed by atoms with E-state index in [1.165, 1.54) is 18.2 Å². The highest BCUT2D eigenvalue weighted by molar-refractivity contribution is 7.89. The molecule has 0 saturated heterocycles. The zero-order valence-corrected chi connectivity index (χ0v) is 15.6. The quantitative estimate of drug-likeness (QED) is 0.661. The van der Waals surface area contributed by atoms with Gasteiger partial charge in [0.25, 0.3) is 0 Å². The lowest BCUT2D eigenvalue weighted by molar-refractivity contribution is -0.857. The minimum absolute atomic E-state index is 0.0715. The number of sulfonamides is 1. The third-order valence-corrected chi connectivity index (χ3v) is 5.39. The lowest BCUT2D eigenvalue weighted by atomic mass is 10.4. The molecule has 0 aliphatic rings. The van der Waals surface area contributed by atoms with E-state index in [9.17, 15) is 17.6 Å². The molecular weight excluding hydrogens is 363 g/mol. The molecule has 0 bridgehead atoms. The Hall–Kier alpha value is -2.30. The van der Waals surface area contributed by atoms with Crippen molar-refractivity contribution in [1.82, 2.24) is 9.46 Å². The number of anilines is 1. The van der Waals surface area contributed by atoms with Gasteiger partial charge in [-0.25, -0.2) is 12.8 Å². The van der Waals surface area contributed by atoms with E-state index in [0.717, 1.165) is 21.3 Å². The van der Waals surface area contributed by atoms with Crippen LogP contribution in [0.25, 0.3) is 0 Å². The van der Waals surface area contributed by atoms with Gasteiger partial charge in [-0.3, -0.25) is 4.79 Å². The van der Waals surface area contributed by atoms with Crippen molar-refractivity contribution >= 4 is 21.7 Å². The van der Waals surface area contributed by atoms with Crippen LogP contribution in [0.4, 0.5) is 10.2 Å². The van der Waals surface area contributed by atoms with Crippen molar-refractivity contribution < 1.29 is 27.0 Å². The van der Waals surface area contributed by atoms with Gasteiger partial charge in [0.15, 0.2) is 5.82 Å². The molecule has 26 heavy (non-hydrogen) atoms. The first-order valence-corrected chi connectivity index (χ1v) is 9.40. The molecule has 1 heterocycles. The fraction of sp³-hybridized carbons (Fsp3) is 0.375. The van der Waals surface area contributed by atoms with Gasteiger partial charge in [-0.15, -0.1) is 0 Å². The van der Waals surface area contributed by atoms with E-state index in [-0.39, 0.29) is 23.8 Å². The fourth-order valence-electron chi connectivity index (χ4n) is 2.16. The summed E-state index contributed by atoms with van der Waals surface area (Å²) in [5.41, 5.74) is 0. The highest BCUT2D eigenvalue weighted by atomic mass is 32.2. The topological polar surface area (TPSA) is 97.0 Å². The summed E-state index contributed by atoms with van der Waals surface area (Å²) in [6, 6.07) is 6.03. The van der Waals surface area contributed by atoms with Crippen LogP contribution in [-0.4, -0.2) is 57.5 Å². The maximum absolute atomic E-state index is 13.1. The summed E-state index contributed by atoms with van der Waals surface area (Å²) in [4.78, 5) is 13.2. The first-order valence-electron chi connectivity index (χ1n) is 7.96. The summed E-state index contributed by atoms with van der Waals surface area (Å²) < 4.78 is 44.7. The van der Waals surface area contributed by atoms with Crippen molar-refractivity contribution in [1.29, 1.82) is 0 Å². The third kappa shape index (κ3) is 5.35. The molecule has 0 spiro atoms. The first kappa shape index (κ1) is 20.0. The van der Waals surface area contributed by atoms with Crippen LogP contribution in [-0.2, 0) is 14.8 Å². The van der Waals surface area contributed by atoms with E-state index >= 15 is 0 Å². The minimum Gasteiger partial charge on any atom is -0.360 e. The average Bonchev–Trinajstić information content (AvgIpc) is 2.96. The molecule has 0 unspecified atom stereocenters. The number of aromatic nitrogens is 1.